The molecule has 0 heterocycles. The monoisotopic (exact) mass is 252 g/mol. The molecule has 102 valence electrons. The highest BCUT2D eigenvalue weighted by molar-refractivity contribution is 5.15. The van der Waals surface area contributed by atoms with Crippen LogP contribution in [-0.2, 0) is 15.9 Å². The van der Waals surface area contributed by atoms with Crippen molar-refractivity contribution in [3.05, 3.63) is 35.9 Å². The summed E-state index contributed by atoms with van der Waals surface area (Å²) in [6, 6.07) is 10.2. The molecule has 0 aliphatic carbocycles. The predicted octanol–water partition coefficient (Wildman–Crippen LogP) is 2.63. The van der Waals surface area contributed by atoms with Crippen LogP contribution in [0.5, 0.6) is 0 Å². The van der Waals surface area contributed by atoms with E-state index < -0.39 is 12.4 Å². The molecule has 0 saturated heterocycles. The zero-order chi connectivity index (χ0) is 13.4. The molecule has 0 radical (unpaired) electrons. The van der Waals surface area contributed by atoms with Crippen molar-refractivity contribution < 1.29 is 14.6 Å². The van der Waals surface area contributed by atoms with Gasteiger partial charge in [-0.05, 0) is 31.7 Å². The van der Waals surface area contributed by atoms with E-state index in [-0.39, 0.29) is 5.92 Å². The molecule has 0 spiro atoms. The number of aliphatic hydroxyl groups is 1. The largest absolute Gasteiger partial charge is 0.388 e. The molecule has 0 aliphatic rings. The maximum absolute atomic E-state index is 10.3. The van der Waals surface area contributed by atoms with Gasteiger partial charge in [0.25, 0.3) is 0 Å². The summed E-state index contributed by atoms with van der Waals surface area (Å²) >= 11 is 0. The van der Waals surface area contributed by atoms with Crippen molar-refractivity contribution in [1.82, 2.24) is 0 Å². The Morgan fingerprint density at radius 2 is 1.61 bits per heavy atom. The number of benzene rings is 1. The van der Waals surface area contributed by atoms with Gasteiger partial charge in [-0.25, -0.2) is 0 Å². The van der Waals surface area contributed by atoms with E-state index in [4.69, 9.17) is 9.47 Å². The van der Waals surface area contributed by atoms with Gasteiger partial charge in [-0.3, -0.25) is 0 Å². The minimum Gasteiger partial charge on any atom is -0.388 e. The van der Waals surface area contributed by atoms with Gasteiger partial charge < -0.3 is 14.6 Å². The zero-order valence-electron chi connectivity index (χ0n) is 11.5. The Kier molecular flexibility index (Phi) is 6.94. The molecule has 1 aromatic carbocycles. The third-order valence-corrected chi connectivity index (χ3v) is 2.92. The summed E-state index contributed by atoms with van der Waals surface area (Å²) in [7, 11) is 0. The number of rotatable bonds is 8. The normalized spacial score (nSPS) is 14.7. The van der Waals surface area contributed by atoms with Gasteiger partial charge in [0, 0.05) is 13.2 Å². The van der Waals surface area contributed by atoms with E-state index in [2.05, 4.69) is 12.1 Å². The Hall–Kier alpha value is -0.900. The molecule has 0 bridgehead atoms. The Morgan fingerprint density at radius 1 is 1.06 bits per heavy atom. The number of hydrogen-bond acceptors (Lipinski definition) is 3. The second-order valence-electron chi connectivity index (χ2n) is 4.44. The van der Waals surface area contributed by atoms with Crippen LogP contribution >= 0.6 is 0 Å². The molecule has 1 rings (SSSR count). The predicted molar refractivity (Wildman–Crippen MR) is 72.4 cm³/mol. The van der Waals surface area contributed by atoms with Gasteiger partial charge in [0.1, 0.15) is 6.10 Å². The topological polar surface area (TPSA) is 38.7 Å². The first-order valence-electron chi connectivity index (χ1n) is 6.64. The van der Waals surface area contributed by atoms with E-state index in [1.54, 1.807) is 0 Å². The molecule has 0 fully saturated rings. The summed E-state index contributed by atoms with van der Waals surface area (Å²) in [5.74, 6) is 0.0931. The number of aliphatic hydroxyl groups excluding tert-OH is 1. The highest BCUT2D eigenvalue weighted by Gasteiger charge is 2.25. The highest BCUT2D eigenvalue weighted by Crippen LogP contribution is 2.17. The molecular weight excluding hydrogens is 228 g/mol. The first-order chi connectivity index (χ1) is 8.69. The van der Waals surface area contributed by atoms with Gasteiger partial charge in [-0.15, -0.1) is 0 Å². The maximum atomic E-state index is 10.3. The number of hydrogen-bond donors (Lipinski definition) is 1. The van der Waals surface area contributed by atoms with Gasteiger partial charge in [-0.2, -0.15) is 0 Å². The van der Waals surface area contributed by atoms with Crippen LogP contribution in [0.3, 0.4) is 0 Å². The first kappa shape index (κ1) is 15.2. The van der Waals surface area contributed by atoms with Gasteiger partial charge in [-0.1, -0.05) is 37.3 Å². The summed E-state index contributed by atoms with van der Waals surface area (Å²) < 4.78 is 10.9. The highest BCUT2D eigenvalue weighted by atomic mass is 16.7. The molecule has 3 heteroatoms. The summed E-state index contributed by atoms with van der Waals surface area (Å²) in [6.45, 7) is 6.91. The molecule has 0 aliphatic heterocycles. The van der Waals surface area contributed by atoms with Gasteiger partial charge in [0.05, 0.1) is 0 Å². The Bertz CT molecular complexity index is 307. The summed E-state index contributed by atoms with van der Waals surface area (Å²) in [4.78, 5) is 0. The fourth-order valence-corrected chi connectivity index (χ4v) is 1.95. The lowest BCUT2D eigenvalue weighted by Crippen LogP contribution is -2.37. The van der Waals surface area contributed by atoms with Gasteiger partial charge in [0.15, 0.2) is 6.29 Å². The minimum absolute atomic E-state index is 0.0931. The van der Waals surface area contributed by atoms with E-state index in [1.807, 2.05) is 39.0 Å². The van der Waals surface area contributed by atoms with Crippen LogP contribution in [0.25, 0.3) is 0 Å². The van der Waals surface area contributed by atoms with E-state index in [9.17, 15) is 5.11 Å². The average Bonchev–Trinajstić information content (AvgIpc) is 2.39. The van der Waals surface area contributed by atoms with Crippen molar-refractivity contribution in [3.8, 4) is 0 Å². The fourth-order valence-electron chi connectivity index (χ4n) is 1.95. The molecule has 0 amide bonds. The Labute approximate surface area is 110 Å². The minimum atomic E-state index is -0.606. The second kappa shape index (κ2) is 8.25. The van der Waals surface area contributed by atoms with Crippen LogP contribution in [0.1, 0.15) is 26.3 Å². The quantitative estimate of drug-likeness (QED) is 0.723. The van der Waals surface area contributed by atoms with Crippen LogP contribution in [0.2, 0.25) is 0 Å². The fraction of sp³-hybridized carbons (Fsp3) is 0.600. The first-order valence-corrected chi connectivity index (χ1v) is 6.64. The summed E-state index contributed by atoms with van der Waals surface area (Å²) in [5.41, 5.74) is 1.22. The van der Waals surface area contributed by atoms with Crippen molar-refractivity contribution >= 4 is 0 Å². The van der Waals surface area contributed by atoms with E-state index in [1.165, 1.54) is 5.56 Å². The molecule has 1 N–H and O–H groups in total. The standard InChI is InChI=1S/C15H24O3/c1-4-17-15(18-5-2)14(16)12(3)11-13-9-7-6-8-10-13/h6-10,12,14-16H,4-5,11H2,1-3H3. The molecule has 0 aromatic heterocycles. The molecule has 1 aromatic rings. The van der Waals surface area contributed by atoms with Crippen molar-refractivity contribution in [2.24, 2.45) is 5.92 Å². The Morgan fingerprint density at radius 3 is 2.11 bits per heavy atom. The molecule has 2 atom stereocenters. The van der Waals surface area contributed by atoms with Crippen molar-refractivity contribution in [2.45, 2.75) is 39.6 Å². The molecule has 3 nitrogen and oxygen atoms in total. The molecule has 2 unspecified atom stereocenters. The van der Waals surface area contributed by atoms with Crippen LogP contribution in [0.4, 0.5) is 0 Å². The van der Waals surface area contributed by atoms with Gasteiger partial charge in [0.2, 0.25) is 0 Å². The zero-order valence-corrected chi connectivity index (χ0v) is 11.5. The van der Waals surface area contributed by atoms with Crippen LogP contribution in [0.15, 0.2) is 30.3 Å². The lowest BCUT2D eigenvalue weighted by Gasteiger charge is -2.27. The molecule has 0 saturated carbocycles. The second-order valence-corrected chi connectivity index (χ2v) is 4.44. The third-order valence-electron chi connectivity index (χ3n) is 2.92. The Balaban J connectivity index is 2.55. The van der Waals surface area contributed by atoms with Gasteiger partial charge >= 0.3 is 0 Å². The van der Waals surface area contributed by atoms with Crippen LogP contribution < -0.4 is 0 Å². The molecular formula is C15H24O3. The lowest BCUT2D eigenvalue weighted by atomic mass is 9.95. The smallest absolute Gasteiger partial charge is 0.183 e. The number of ether oxygens (including phenoxy) is 2. The van der Waals surface area contributed by atoms with Crippen LogP contribution in [-0.4, -0.2) is 30.7 Å². The van der Waals surface area contributed by atoms with Crippen molar-refractivity contribution in [1.29, 1.82) is 0 Å². The SMILES string of the molecule is CCOC(OCC)C(O)C(C)Cc1ccccc1. The molecule has 18 heavy (non-hydrogen) atoms. The summed E-state index contributed by atoms with van der Waals surface area (Å²) in [6.07, 6.45) is -0.317. The van der Waals surface area contributed by atoms with E-state index in [0.717, 1.165) is 6.42 Å². The maximum Gasteiger partial charge on any atom is 0.183 e. The summed E-state index contributed by atoms with van der Waals surface area (Å²) in [5, 5.41) is 10.3. The van der Waals surface area contributed by atoms with E-state index in [0.29, 0.717) is 13.2 Å². The van der Waals surface area contributed by atoms with Crippen molar-refractivity contribution in [3.63, 3.8) is 0 Å². The van der Waals surface area contributed by atoms with Crippen LogP contribution in [0, 0.1) is 5.92 Å². The van der Waals surface area contributed by atoms with Crippen molar-refractivity contribution in [2.75, 3.05) is 13.2 Å². The lowest BCUT2D eigenvalue weighted by molar-refractivity contribution is -0.200. The third kappa shape index (κ3) is 4.77. The van der Waals surface area contributed by atoms with E-state index >= 15 is 0 Å². The average molecular weight is 252 g/mol.